The van der Waals surface area contributed by atoms with Crippen LogP contribution in [0.5, 0.6) is 0 Å². The first-order valence-corrected chi connectivity index (χ1v) is 16.2. The molecule has 0 fully saturated rings. The highest BCUT2D eigenvalue weighted by molar-refractivity contribution is 7.31. The van der Waals surface area contributed by atoms with Gasteiger partial charge in [0, 0.05) is 11.8 Å². The zero-order chi connectivity index (χ0) is 30.1. The highest BCUT2D eigenvalue weighted by Crippen LogP contribution is 2.27. The molecule has 3 aromatic rings. The molecule has 0 saturated heterocycles. The van der Waals surface area contributed by atoms with Crippen molar-refractivity contribution in [1.29, 1.82) is 0 Å². The van der Waals surface area contributed by atoms with Crippen molar-refractivity contribution in [2.45, 2.75) is 118 Å². The fourth-order valence-electron chi connectivity index (χ4n) is 4.32. The molecule has 0 radical (unpaired) electrons. The lowest BCUT2D eigenvalue weighted by Gasteiger charge is -2.17. The number of alkyl halides is 3. The fourth-order valence-corrected chi connectivity index (χ4v) is 6.97. The van der Waals surface area contributed by atoms with Crippen LogP contribution in [0.2, 0.25) is 6.32 Å². The van der Waals surface area contributed by atoms with Crippen molar-refractivity contribution in [3.05, 3.63) is 63.9 Å². The Morgan fingerprint density at radius 2 is 1.50 bits per heavy atom. The molecule has 222 valence electrons. The van der Waals surface area contributed by atoms with Crippen LogP contribution >= 0.6 is 22.7 Å². The third kappa shape index (κ3) is 11.6. The van der Waals surface area contributed by atoms with Crippen molar-refractivity contribution in [2.75, 3.05) is 0 Å². The van der Waals surface area contributed by atoms with Gasteiger partial charge < -0.3 is 4.98 Å². The van der Waals surface area contributed by atoms with Crippen LogP contribution in [0.15, 0.2) is 41.4 Å². The molecule has 0 aliphatic heterocycles. The van der Waals surface area contributed by atoms with Gasteiger partial charge in [0.25, 0.3) is 0 Å². The maximum Gasteiger partial charge on any atom is 0.409 e. The minimum Gasteiger partial charge on any atom is -0.348 e. The van der Waals surface area contributed by atoms with E-state index in [-0.39, 0.29) is 17.5 Å². The summed E-state index contributed by atoms with van der Waals surface area (Å²) >= 11 is 3.44. The molecule has 0 aromatic carbocycles. The second kappa shape index (κ2) is 14.9. The molecule has 1 N–H and O–H groups in total. The molecular weight excluding hydrogens is 544 g/mol. The minimum absolute atomic E-state index is 0.0709. The molecule has 0 saturated carbocycles. The molecule has 40 heavy (non-hydrogen) atoms. The highest BCUT2D eigenvalue weighted by Gasteiger charge is 2.27. The molecule has 3 rings (SSSR count). The second-order valence-electron chi connectivity index (χ2n) is 13.0. The van der Waals surface area contributed by atoms with Crippen molar-refractivity contribution in [3.63, 3.8) is 0 Å². The summed E-state index contributed by atoms with van der Waals surface area (Å²) in [7, 11) is 0. The quantitative estimate of drug-likeness (QED) is 0.184. The van der Waals surface area contributed by atoms with Crippen LogP contribution in [0, 0.1) is 5.92 Å². The Kier molecular flexibility index (Phi) is 12.8. The minimum atomic E-state index is -4.24. The third-order valence-electron chi connectivity index (χ3n) is 6.94. The van der Waals surface area contributed by atoms with Crippen molar-refractivity contribution in [1.82, 2.24) is 9.97 Å². The highest BCUT2D eigenvalue weighted by atomic mass is 32.1. The SMILES string of the molecule is CC(C)(C)c1csc(B(CCC=CC(F)(F)F)c2cc(C(C)(C)C)cs2)c1.CCc1nc[nH]c1CCCC(C)C. The van der Waals surface area contributed by atoms with Gasteiger partial charge in [0.2, 0.25) is 6.71 Å². The Bertz CT molecular complexity index is 1120. The number of imidazole rings is 1. The van der Waals surface area contributed by atoms with Crippen LogP contribution in [0.25, 0.3) is 0 Å². The molecular formula is C32H48BF3N2S2. The number of thiophene rings is 2. The van der Waals surface area contributed by atoms with E-state index in [2.05, 4.69) is 95.2 Å². The number of halogens is 3. The molecule has 0 atom stereocenters. The van der Waals surface area contributed by atoms with E-state index in [4.69, 9.17) is 0 Å². The molecule has 2 nitrogen and oxygen atoms in total. The van der Waals surface area contributed by atoms with Crippen LogP contribution in [-0.2, 0) is 23.7 Å². The number of nitrogens with zero attached hydrogens (tertiary/aromatic N) is 1. The number of aromatic amines is 1. The lowest BCUT2D eigenvalue weighted by molar-refractivity contribution is -0.0800. The third-order valence-corrected chi connectivity index (χ3v) is 9.03. The predicted molar refractivity (Wildman–Crippen MR) is 171 cm³/mol. The summed E-state index contributed by atoms with van der Waals surface area (Å²) in [4.78, 5) is 7.50. The molecule has 0 bridgehead atoms. The summed E-state index contributed by atoms with van der Waals surface area (Å²) in [6.45, 7) is 19.9. The van der Waals surface area contributed by atoms with Gasteiger partial charge in [-0.15, -0.1) is 0 Å². The van der Waals surface area contributed by atoms with E-state index in [1.807, 2.05) is 6.33 Å². The first-order valence-electron chi connectivity index (χ1n) is 14.4. The van der Waals surface area contributed by atoms with Crippen LogP contribution in [0.1, 0.15) is 104 Å². The number of hydrogen-bond acceptors (Lipinski definition) is 3. The van der Waals surface area contributed by atoms with Crippen molar-refractivity contribution >= 4 is 38.9 Å². The molecule has 3 heterocycles. The monoisotopic (exact) mass is 592 g/mol. The fraction of sp³-hybridized carbons (Fsp3) is 0.594. The van der Waals surface area contributed by atoms with Crippen LogP contribution in [0.4, 0.5) is 13.2 Å². The molecule has 0 amide bonds. The first kappa shape index (κ1) is 34.4. The lowest BCUT2D eigenvalue weighted by Crippen LogP contribution is -2.38. The smallest absolute Gasteiger partial charge is 0.348 e. The van der Waals surface area contributed by atoms with Gasteiger partial charge in [-0.3, -0.25) is 0 Å². The van der Waals surface area contributed by atoms with Gasteiger partial charge in [0.1, 0.15) is 0 Å². The summed E-state index contributed by atoms with van der Waals surface area (Å²) in [6, 6.07) is 4.47. The summed E-state index contributed by atoms with van der Waals surface area (Å²) in [5.74, 6) is 0.813. The number of aromatic nitrogens is 2. The Morgan fingerprint density at radius 3 is 1.93 bits per heavy atom. The number of nitrogens with one attached hydrogen (secondary N) is 1. The van der Waals surface area contributed by atoms with Crippen LogP contribution in [-0.4, -0.2) is 22.9 Å². The Morgan fingerprint density at radius 1 is 0.950 bits per heavy atom. The largest absolute Gasteiger partial charge is 0.409 e. The standard InChI is InChI=1S/C21H28BF3S2.C11H20N2/c1-19(2,3)15-11-17(26-13-15)22(10-8-7-9-21(23,24)25)18-12-16(14-27-18)20(4,5)6;1-4-10-11(13-8-12-10)7-5-6-9(2)3/h7,9,11-14H,8,10H2,1-6H3;8-9H,4-7H2,1-3H3,(H,12,13). The molecule has 0 aliphatic carbocycles. The van der Waals surface area contributed by atoms with Gasteiger partial charge in [-0.1, -0.05) is 93.3 Å². The van der Waals surface area contributed by atoms with Gasteiger partial charge in [0.15, 0.2) is 0 Å². The van der Waals surface area contributed by atoms with Crippen LogP contribution < -0.4 is 9.55 Å². The number of H-pyrrole nitrogens is 1. The molecule has 8 heteroatoms. The second-order valence-corrected chi connectivity index (χ2v) is 14.9. The Balaban J connectivity index is 0.000000360. The molecule has 3 aromatic heterocycles. The number of hydrogen-bond donors (Lipinski definition) is 1. The van der Waals surface area contributed by atoms with Gasteiger partial charge in [0.05, 0.1) is 12.0 Å². The molecule has 0 spiro atoms. The molecule has 0 aliphatic rings. The topological polar surface area (TPSA) is 28.7 Å². The maximum atomic E-state index is 12.4. The summed E-state index contributed by atoms with van der Waals surface area (Å²) < 4.78 is 39.7. The number of rotatable bonds is 10. The van der Waals surface area contributed by atoms with E-state index in [1.54, 1.807) is 22.7 Å². The number of allylic oxidation sites excluding steroid dienone is 2. The van der Waals surface area contributed by atoms with E-state index >= 15 is 0 Å². The van der Waals surface area contributed by atoms with E-state index in [9.17, 15) is 13.2 Å². The number of aryl methyl sites for hydroxylation is 2. The van der Waals surface area contributed by atoms with Crippen LogP contribution in [0.3, 0.4) is 0 Å². The van der Waals surface area contributed by atoms with E-state index in [1.165, 1.54) is 51.0 Å². The van der Waals surface area contributed by atoms with Gasteiger partial charge in [-0.05, 0) is 73.9 Å². The summed E-state index contributed by atoms with van der Waals surface area (Å²) in [6.07, 6.45) is 5.05. The zero-order valence-corrected chi connectivity index (χ0v) is 27.5. The summed E-state index contributed by atoms with van der Waals surface area (Å²) in [5, 5.41) is 4.37. The van der Waals surface area contributed by atoms with Gasteiger partial charge in [-0.2, -0.15) is 35.8 Å². The Hall–Kier alpha value is -1.80. The van der Waals surface area contributed by atoms with E-state index in [0.29, 0.717) is 18.8 Å². The predicted octanol–water partition coefficient (Wildman–Crippen LogP) is 9.47. The van der Waals surface area contributed by atoms with E-state index < -0.39 is 6.18 Å². The molecule has 0 unspecified atom stereocenters. The summed E-state index contributed by atoms with van der Waals surface area (Å²) in [5.41, 5.74) is 5.28. The maximum absolute atomic E-state index is 12.4. The zero-order valence-electron chi connectivity index (χ0n) is 25.8. The average molecular weight is 593 g/mol. The Labute approximate surface area is 249 Å². The van der Waals surface area contributed by atoms with E-state index in [0.717, 1.165) is 18.8 Å². The van der Waals surface area contributed by atoms with Crippen molar-refractivity contribution < 1.29 is 13.2 Å². The van der Waals surface area contributed by atoms with Crippen molar-refractivity contribution in [2.24, 2.45) is 5.92 Å². The van der Waals surface area contributed by atoms with Crippen molar-refractivity contribution in [3.8, 4) is 0 Å². The average Bonchev–Trinajstić information content (AvgIpc) is 3.58. The lowest BCUT2D eigenvalue weighted by atomic mass is 9.44. The van der Waals surface area contributed by atoms with Gasteiger partial charge >= 0.3 is 6.18 Å². The normalized spacial score (nSPS) is 12.7. The van der Waals surface area contributed by atoms with Gasteiger partial charge in [-0.25, -0.2) is 4.98 Å². The first-order chi connectivity index (χ1) is 18.5.